The first-order valence-electron chi connectivity index (χ1n) is 8.41. The van der Waals surface area contributed by atoms with Crippen LogP contribution in [0.4, 0.5) is 0 Å². The van der Waals surface area contributed by atoms with Gasteiger partial charge in [-0.1, -0.05) is 19.8 Å². The molecule has 2 aliphatic rings. The number of rotatable bonds is 6. The predicted molar refractivity (Wildman–Crippen MR) is 87.4 cm³/mol. The van der Waals surface area contributed by atoms with Gasteiger partial charge in [0.1, 0.15) is 11.5 Å². The zero-order chi connectivity index (χ0) is 16.4. The average Bonchev–Trinajstić information content (AvgIpc) is 2.98. The molecule has 0 spiro atoms. The summed E-state index contributed by atoms with van der Waals surface area (Å²) < 4.78 is 5.77. The fraction of sp³-hybridized carbons (Fsp3) is 0.556. The van der Waals surface area contributed by atoms with Crippen molar-refractivity contribution in [3.8, 4) is 0 Å². The van der Waals surface area contributed by atoms with E-state index in [1.165, 1.54) is 12.5 Å². The lowest BCUT2D eigenvalue weighted by Gasteiger charge is -2.26. The van der Waals surface area contributed by atoms with E-state index in [0.717, 1.165) is 31.4 Å². The van der Waals surface area contributed by atoms with Crippen molar-refractivity contribution >= 4 is 17.9 Å². The SMILES string of the molecule is C[C@@H]1C[C@@H]1c1ccc(/C=C\C(=O)N(CC(N)=O)C2CCCC2)o1. The summed E-state index contributed by atoms with van der Waals surface area (Å²) in [5.74, 6) is 2.24. The Hall–Kier alpha value is -2.04. The molecule has 1 aromatic rings. The zero-order valence-corrected chi connectivity index (χ0v) is 13.5. The molecule has 23 heavy (non-hydrogen) atoms. The molecule has 0 aromatic carbocycles. The van der Waals surface area contributed by atoms with E-state index in [2.05, 4.69) is 6.92 Å². The van der Waals surface area contributed by atoms with Gasteiger partial charge in [-0.3, -0.25) is 9.59 Å². The van der Waals surface area contributed by atoms with Crippen LogP contribution in [0.3, 0.4) is 0 Å². The normalized spacial score (nSPS) is 24.2. The molecule has 0 radical (unpaired) electrons. The molecule has 2 fully saturated rings. The van der Waals surface area contributed by atoms with Crippen molar-refractivity contribution in [1.82, 2.24) is 4.90 Å². The first-order chi connectivity index (χ1) is 11.0. The van der Waals surface area contributed by atoms with Crippen LogP contribution < -0.4 is 5.73 Å². The van der Waals surface area contributed by atoms with Crippen LogP contribution in [-0.2, 0) is 9.59 Å². The van der Waals surface area contributed by atoms with E-state index in [1.807, 2.05) is 12.1 Å². The van der Waals surface area contributed by atoms with Crippen molar-refractivity contribution in [1.29, 1.82) is 0 Å². The second-order valence-corrected chi connectivity index (χ2v) is 6.76. The summed E-state index contributed by atoms with van der Waals surface area (Å²) in [4.78, 5) is 25.3. The number of amides is 2. The molecular formula is C18H24N2O3. The van der Waals surface area contributed by atoms with Gasteiger partial charge in [0.05, 0.1) is 6.54 Å². The van der Waals surface area contributed by atoms with E-state index in [0.29, 0.717) is 17.6 Å². The van der Waals surface area contributed by atoms with Crippen LogP contribution in [0, 0.1) is 5.92 Å². The van der Waals surface area contributed by atoms with Crippen LogP contribution in [0.1, 0.15) is 56.5 Å². The molecule has 0 unspecified atom stereocenters. The van der Waals surface area contributed by atoms with E-state index in [1.54, 1.807) is 11.0 Å². The molecule has 0 bridgehead atoms. The Morgan fingerprint density at radius 1 is 1.35 bits per heavy atom. The predicted octanol–water partition coefficient (Wildman–Crippen LogP) is 2.67. The van der Waals surface area contributed by atoms with Gasteiger partial charge >= 0.3 is 0 Å². The second-order valence-electron chi connectivity index (χ2n) is 6.76. The van der Waals surface area contributed by atoms with Crippen molar-refractivity contribution in [3.05, 3.63) is 29.7 Å². The summed E-state index contributed by atoms with van der Waals surface area (Å²) in [6.45, 7) is 2.19. The van der Waals surface area contributed by atoms with Gasteiger partial charge in [0.25, 0.3) is 0 Å². The van der Waals surface area contributed by atoms with E-state index < -0.39 is 5.91 Å². The smallest absolute Gasteiger partial charge is 0.247 e. The maximum atomic E-state index is 12.4. The summed E-state index contributed by atoms with van der Waals surface area (Å²) in [5, 5.41) is 0. The minimum Gasteiger partial charge on any atom is -0.461 e. The Morgan fingerprint density at radius 3 is 2.65 bits per heavy atom. The Labute approximate surface area is 136 Å². The van der Waals surface area contributed by atoms with Gasteiger partial charge in [-0.2, -0.15) is 0 Å². The molecule has 2 atom stereocenters. The summed E-state index contributed by atoms with van der Waals surface area (Å²) in [7, 11) is 0. The summed E-state index contributed by atoms with van der Waals surface area (Å²) in [6.07, 6.45) is 8.41. The third-order valence-electron chi connectivity index (χ3n) is 4.89. The molecule has 2 aliphatic carbocycles. The number of carbonyl (C=O) groups excluding carboxylic acids is 2. The van der Waals surface area contributed by atoms with E-state index in [-0.39, 0.29) is 18.5 Å². The lowest BCUT2D eigenvalue weighted by atomic mass is 10.2. The van der Waals surface area contributed by atoms with Crippen molar-refractivity contribution < 1.29 is 14.0 Å². The molecule has 2 amide bonds. The summed E-state index contributed by atoms with van der Waals surface area (Å²) in [6, 6.07) is 3.99. The van der Waals surface area contributed by atoms with E-state index >= 15 is 0 Å². The lowest BCUT2D eigenvalue weighted by molar-refractivity contribution is -0.133. The molecular weight excluding hydrogens is 292 g/mol. The van der Waals surface area contributed by atoms with E-state index in [9.17, 15) is 9.59 Å². The Bertz CT molecular complexity index is 614. The molecule has 5 heteroatoms. The molecule has 3 rings (SSSR count). The Balaban J connectivity index is 1.65. The maximum absolute atomic E-state index is 12.4. The van der Waals surface area contributed by atoms with Gasteiger partial charge in [0.15, 0.2) is 0 Å². The van der Waals surface area contributed by atoms with Gasteiger partial charge in [-0.25, -0.2) is 0 Å². The third-order valence-corrected chi connectivity index (χ3v) is 4.89. The number of carbonyl (C=O) groups is 2. The van der Waals surface area contributed by atoms with E-state index in [4.69, 9.17) is 10.2 Å². The maximum Gasteiger partial charge on any atom is 0.247 e. The van der Waals surface area contributed by atoms with Crippen molar-refractivity contribution in [2.24, 2.45) is 11.7 Å². The molecule has 2 saturated carbocycles. The quantitative estimate of drug-likeness (QED) is 0.820. The highest BCUT2D eigenvalue weighted by Gasteiger charge is 2.36. The highest BCUT2D eigenvalue weighted by atomic mass is 16.3. The van der Waals surface area contributed by atoms with Crippen LogP contribution in [0.5, 0.6) is 0 Å². The van der Waals surface area contributed by atoms with Crippen LogP contribution in [0.15, 0.2) is 22.6 Å². The average molecular weight is 316 g/mol. The topological polar surface area (TPSA) is 76.5 Å². The standard InChI is InChI=1S/C18H24N2O3/c1-12-10-15(12)16-8-6-14(23-16)7-9-18(22)20(11-17(19)21)13-4-2-3-5-13/h6-9,12-13,15H,2-5,10-11H2,1H3,(H2,19,21)/b9-7-/t12-,15+/m1/s1. The molecule has 1 heterocycles. The first-order valence-corrected chi connectivity index (χ1v) is 8.41. The van der Waals surface area contributed by atoms with Crippen LogP contribution in [0.25, 0.3) is 6.08 Å². The number of nitrogens with two attached hydrogens (primary N) is 1. The Kier molecular flexibility index (Phi) is 4.55. The minimum atomic E-state index is -0.471. The lowest BCUT2D eigenvalue weighted by Crippen LogP contribution is -2.43. The largest absolute Gasteiger partial charge is 0.461 e. The number of hydrogen-bond donors (Lipinski definition) is 1. The van der Waals surface area contributed by atoms with Crippen molar-refractivity contribution in [2.75, 3.05) is 6.54 Å². The van der Waals surface area contributed by atoms with Gasteiger partial charge in [-0.15, -0.1) is 0 Å². The van der Waals surface area contributed by atoms with Gasteiger partial charge in [0.2, 0.25) is 11.8 Å². The third kappa shape index (κ3) is 3.84. The molecule has 1 aromatic heterocycles. The molecule has 124 valence electrons. The number of hydrogen-bond acceptors (Lipinski definition) is 3. The monoisotopic (exact) mass is 316 g/mol. The van der Waals surface area contributed by atoms with Crippen LogP contribution >= 0.6 is 0 Å². The van der Waals surface area contributed by atoms with Gasteiger partial charge in [-0.05, 0) is 43.4 Å². The summed E-state index contributed by atoms with van der Waals surface area (Å²) >= 11 is 0. The first kappa shape index (κ1) is 15.8. The minimum absolute atomic E-state index is 0.0170. The van der Waals surface area contributed by atoms with Crippen molar-refractivity contribution in [2.45, 2.75) is 51.0 Å². The fourth-order valence-electron chi connectivity index (χ4n) is 3.40. The molecule has 0 aliphatic heterocycles. The number of nitrogens with zero attached hydrogens (tertiary/aromatic N) is 1. The fourth-order valence-corrected chi connectivity index (χ4v) is 3.40. The second kappa shape index (κ2) is 6.60. The van der Waals surface area contributed by atoms with Crippen LogP contribution in [0.2, 0.25) is 0 Å². The highest BCUT2D eigenvalue weighted by Crippen LogP contribution is 2.47. The van der Waals surface area contributed by atoms with Crippen molar-refractivity contribution in [3.63, 3.8) is 0 Å². The van der Waals surface area contributed by atoms with Gasteiger partial charge < -0.3 is 15.1 Å². The zero-order valence-electron chi connectivity index (χ0n) is 13.5. The number of primary amides is 1. The highest BCUT2D eigenvalue weighted by molar-refractivity contribution is 5.94. The molecule has 0 saturated heterocycles. The summed E-state index contributed by atoms with van der Waals surface area (Å²) in [5.41, 5.74) is 5.29. The van der Waals surface area contributed by atoms with Crippen LogP contribution in [-0.4, -0.2) is 29.3 Å². The number of furan rings is 1. The molecule has 2 N–H and O–H groups in total. The van der Waals surface area contributed by atoms with Gasteiger partial charge in [0, 0.05) is 18.0 Å². The Morgan fingerprint density at radius 2 is 2.04 bits per heavy atom. The molecule has 5 nitrogen and oxygen atoms in total.